The van der Waals surface area contributed by atoms with Gasteiger partial charge in [-0.15, -0.1) is 0 Å². The lowest BCUT2D eigenvalue weighted by Gasteiger charge is -2.09. The molecule has 7 heteroatoms. The molecule has 5 nitrogen and oxygen atoms in total. The largest absolute Gasteiger partial charge is 0.497 e. The zero-order chi connectivity index (χ0) is 18.8. The van der Waals surface area contributed by atoms with Gasteiger partial charge >= 0.3 is 5.97 Å². The van der Waals surface area contributed by atoms with Crippen molar-refractivity contribution in [1.82, 2.24) is 4.57 Å². The molecule has 0 unspecified atom stereocenters. The molecule has 0 aliphatic carbocycles. The summed E-state index contributed by atoms with van der Waals surface area (Å²) in [7, 11) is 1.54. The molecule has 26 heavy (non-hydrogen) atoms. The lowest BCUT2D eigenvalue weighted by atomic mass is 10.1. The molecule has 0 bridgehead atoms. The van der Waals surface area contributed by atoms with Crippen LogP contribution in [0.15, 0.2) is 42.5 Å². The summed E-state index contributed by atoms with van der Waals surface area (Å²) in [6.45, 7) is 0. The van der Waals surface area contributed by atoms with E-state index in [-0.39, 0.29) is 12.3 Å². The van der Waals surface area contributed by atoms with Crippen LogP contribution in [0.3, 0.4) is 0 Å². The van der Waals surface area contributed by atoms with Crippen LogP contribution in [0.4, 0.5) is 0 Å². The van der Waals surface area contributed by atoms with Crippen LogP contribution in [0.5, 0.6) is 5.75 Å². The quantitative estimate of drug-likeness (QED) is 0.597. The standard InChI is InChI=1S/C19H15BrClNO4/c1-26-13-6-7-16-14(8-13)15(9-18(23)24)17(10-20)22(16)19(25)11-2-4-12(21)5-3-11/h2-8H,9-10H2,1H3,(H,23,24). The Morgan fingerprint density at radius 2 is 1.88 bits per heavy atom. The van der Waals surface area contributed by atoms with E-state index in [0.29, 0.717) is 43.8 Å². The number of ether oxygens (including phenoxy) is 1. The number of benzene rings is 2. The maximum atomic E-state index is 13.1. The molecule has 0 radical (unpaired) electrons. The second kappa shape index (κ2) is 7.51. The van der Waals surface area contributed by atoms with Gasteiger partial charge in [-0.3, -0.25) is 14.2 Å². The van der Waals surface area contributed by atoms with Gasteiger partial charge in [0.15, 0.2) is 0 Å². The van der Waals surface area contributed by atoms with E-state index in [1.165, 1.54) is 0 Å². The van der Waals surface area contributed by atoms with Crippen molar-refractivity contribution in [3.05, 3.63) is 64.3 Å². The fourth-order valence-corrected chi connectivity index (χ4v) is 3.67. The molecule has 2 aromatic carbocycles. The molecule has 1 N–H and O–H groups in total. The van der Waals surface area contributed by atoms with Crippen molar-refractivity contribution < 1.29 is 19.4 Å². The van der Waals surface area contributed by atoms with E-state index in [9.17, 15) is 14.7 Å². The molecule has 0 fully saturated rings. The number of hydrogen-bond acceptors (Lipinski definition) is 3. The first-order valence-electron chi connectivity index (χ1n) is 7.74. The fraction of sp³-hybridized carbons (Fsp3) is 0.158. The van der Waals surface area contributed by atoms with Gasteiger partial charge in [0, 0.05) is 27.0 Å². The Morgan fingerprint density at radius 3 is 2.46 bits per heavy atom. The van der Waals surface area contributed by atoms with E-state index in [2.05, 4.69) is 15.9 Å². The number of carboxylic acid groups (broad SMARTS) is 1. The second-order valence-electron chi connectivity index (χ2n) is 5.66. The number of aromatic nitrogens is 1. The molecule has 0 saturated carbocycles. The zero-order valence-corrected chi connectivity index (χ0v) is 16.2. The predicted molar refractivity (Wildman–Crippen MR) is 104 cm³/mol. The van der Waals surface area contributed by atoms with Crippen LogP contribution >= 0.6 is 27.5 Å². The summed E-state index contributed by atoms with van der Waals surface area (Å²) in [5, 5.41) is 10.9. The molecular weight excluding hydrogens is 422 g/mol. The minimum atomic E-state index is -0.965. The predicted octanol–water partition coefficient (Wildman–Crippen LogP) is 4.51. The highest BCUT2D eigenvalue weighted by molar-refractivity contribution is 9.08. The van der Waals surface area contributed by atoms with Crippen LogP contribution in [-0.2, 0) is 16.5 Å². The van der Waals surface area contributed by atoms with Crippen molar-refractivity contribution >= 4 is 50.3 Å². The lowest BCUT2D eigenvalue weighted by molar-refractivity contribution is -0.136. The van der Waals surface area contributed by atoms with Crippen LogP contribution in [-0.4, -0.2) is 28.7 Å². The third kappa shape index (κ3) is 3.34. The number of carbonyl (C=O) groups excluding carboxylic acids is 1. The van der Waals surface area contributed by atoms with Crippen LogP contribution in [0.2, 0.25) is 5.02 Å². The fourth-order valence-electron chi connectivity index (χ4n) is 2.96. The number of halogens is 2. The van der Waals surface area contributed by atoms with E-state index in [4.69, 9.17) is 16.3 Å². The summed E-state index contributed by atoms with van der Waals surface area (Å²) in [5.41, 5.74) is 2.30. The van der Waals surface area contributed by atoms with Crippen molar-refractivity contribution in [3.8, 4) is 5.75 Å². The van der Waals surface area contributed by atoms with E-state index in [1.54, 1.807) is 54.1 Å². The summed E-state index contributed by atoms with van der Waals surface area (Å²) >= 11 is 9.30. The summed E-state index contributed by atoms with van der Waals surface area (Å²) in [4.78, 5) is 24.5. The number of carboxylic acids is 1. The minimum Gasteiger partial charge on any atom is -0.497 e. The van der Waals surface area contributed by atoms with Gasteiger partial charge < -0.3 is 9.84 Å². The Kier molecular flexibility index (Phi) is 5.34. The van der Waals surface area contributed by atoms with Crippen molar-refractivity contribution in [1.29, 1.82) is 0 Å². The van der Waals surface area contributed by atoms with Gasteiger partial charge in [0.1, 0.15) is 5.75 Å². The number of aliphatic carboxylic acids is 1. The summed E-state index contributed by atoms with van der Waals surface area (Å²) in [5.74, 6) is -0.614. The maximum Gasteiger partial charge on any atom is 0.307 e. The minimum absolute atomic E-state index is 0.189. The summed E-state index contributed by atoms with van der Waals surface area (Å²) in [6.07, 6.45) is -0.189. The third-order valence-electron chi connectivity index (χ3n) is 4.14. The van der Waals surface area contributed by atoms with Crippen LogP contribution < -0.4 is 4.74 Å². The topological polar surface area (TPSA) is 68.5 Å². The molecule has 134 valence electrons. The molecule has 1 aromatic heterocycles. The molecule has 1 heterocycles. The maximum absolute atomic E-state index is 13.1. The van der Waals surface area contributed by atoms with E-state index in [1.807, 2.05) is 0 Å². The first-order chi connectivity index (χ1) is 12.5. The third-order valence-corrected chi connectivity index (χ3v) is 4.92. The average Bonchev–Trinajstić information content (AvgIpc) is 2.93. The number of carbonyl (C=O) groups is 2. The lowest BCUT2D eigenvalue weighted by Crippen LogP contribution is -2.15. The van der Waals surface area contributed by atoms with Gasteiger partial charge in [0.2, 0.25) is 0 Å². The van der Waals surface area contributed by atoms with Gasteiger partial charge in [-0.05, 0) is 48.0 Å². The van der Waals surface area contributed by atoms with E-state index < -0.39 is 5.97 Å². The molecule has 0 saturated heterocycles. The number of methoxy groups -OCH3 is 1. The molecule has 0 aliphatic heterocycles. The first kappa shape index (κ1) is 18.5. The number of fused-ring (bicyclic) bond motifs is 1. The molecule has 0 atom stereocenters. The zero-order valence-electron chi connectivity index (χ0n) is 13.8. The smallest absolute Gasteiger partial charge is 0.307 e. The Balaban J connectivity index is 2.28. The van der Waals surface area contributed by atoms with Gasteiger partial charge in [0.25, 0.3) is 5.91 Å². The number of alkyl halides is 1. The molecular formula is C19H15BrClNO4. The molecule has 0 spiro atoms. The monoisotopic (exact) mass is 435 g/mol. The van der Waals surface area contributed by atoms with Gasteiger partial charge in [0.05, 0.1) is 19.0 Å². The highest BCUT2D eigenvalue weighted by atomic mass is 79.9. The van der Waals surface area contributed by atoms with E-state index in [0.717, 1.165) is 0 Å². The van der Waals surface area contributed by atoms with E-state index >= 15 is 0 Å². The highest BCUT2D eigenvalue weighted by Gasteiger charge is 2.23. The summed E-state index contributed by atoms with van der Waals surface area (Å²) < 4.78 is 6.80. The van der Waals surface area contributed by atoms with Crippen molar-refractivity contribution in [3.63, 3.8) is 0 Å². The molecule has 0 amide bonds. The second-order valence-corrected chi connectivity index (χ2v) is 6.66. The normalized spacial score (nSPS) is 10.9. The van der Waals surface area contributed by atoms with Gasteiger partial charge in [-0.25, -0.2) is 0 Å². The molecule has 0 aliphatic rings. The Hall–Kier alpha value is -2.31. The Labute approximate surface area is 163 Å². The first-order valence-corrected chi connectivity index (χ1v) is 9.24. The number of hydrogen-bond donors (Lipinski definition) is 1. The van der Waals surface area contributed by atoms with Crippen LogP contribution in [0.1, 0.15) is 21.6 Å². The van der Waals surface area contributed by atoms with Crippen molar-refractivity contribution in [2.45, 2.75) is 11.8 Å². The van der Waals surface area contributed by atoms with Crippen molar-refractivity contribution in [2.75, 3.05) is 7.11 Å². The molecule has 3 aromatic rings. The highest BCUT2D eigenvalue weighted by Crippen LogP contribution is 2.32. The van der Waals surface area contributed by atoms with Crippen LogP contribution in [0, 0.1) is 0 Å². The van der Waals surface area contributed by atoms with Gasteiger partial charge in [-0.2, -0.15) is 0 Å². The number of rotatable bonds is 5. The average molecular weight is 437 g/mol. The van der Waals surface area contributed by atoms with Gasteiger partial charge in [-0.1, -0.05) is 27.5 Å². The van der Waals surface area contributed by atoms with Crippen molar-refractivity contribution in [2.24, 2.45) is 0 Å². The van der Waals surface area contributed by atoms with Crippen LogP contribution in [0.25, 0.3) is 10.9 Å². The SMILES string of the molecule is COc1ccc2c(c1)c(CC(=O)O)c(CBr)n2C(=O)c1ccc(Cl)cc1. The Bertz CT molecular complexity index is 995. The Morgan fingerprint density at radius 1 is 1.19 bits per heavy atom. The molecule has 3 rings (SSSR count). The number of nitrogens with zero attached hydrogens (tertiary/aromatic N) is 1. The summed E-state index contributed by atoms with van der Waals surface area (Å²) in [6, 6.07) is 11.9.